The third-order valence-electron chi connectivity index (χ3n) is 11.1. The minimum atomic E-state index is -1.50. The number of aromatic amines is 1. The Balaban J connectivity index is 0.923. The first kappa shape index (κ1) is 53.1. The van der Waals surface area contributed by atoms with Gasteiger partial charge in [0, 0.05) is 0 Å². The average Bonchev–Trinajstić information content (AvgIpc) is 3.91. The molecular formula is C54H39FN2O21. The van der Waals surface area contributed by atoms with Crippen molar-refractivity contribution in [3.05, 3.63) is 177 Å². The van der Waals surface area contributed by atoms with Crippen LogP contribution in [0.1, 0.15) is 74.3 Å². The molecule has 24 heteroatoms. The number of carbonyl (C=O) groups excluding carboxylic acids is 5. The van der Waals surface area contributed by atoms with Crippen LogP contribution in [0.5, 0.6) is 86.2 Å². The van der Waals surface area contributed by atoms with Gasteiger partial charge in [0.25, 0.3) is 0 Å². The summed E-state index contributed by atoms with van der Waals surface area (Å²) in [6, 6.07) is 23.6. The largest absolute Gasteiger partial charge is 0.504 e. The molecule has 0 saturated carbocycles. The van der Waals surface area contributed by atoms with Crippen LogP contribution in [-0.4, -0.2) is 91.1 Å². The highest BCUT2D eigenvalue weighted by Gasteiger charge is 2.27. The number of nitrogens with one attached hydrogen (secondary N) is 1. The van der Waals surface area contributed by atoms with Crippen molar-refractivity contribution in [3.63, 3.8) is 0 Å². The molecule has 0 spiro atoms. The van der Waals surface area contributed by atoms with Crippen LogP contribution in [0.4, 0.5) is 4.39 Å². The van der Waals surface area contributed by atoms with E-state index in [1.54, 1.807) is 48.5 Å². The molecule has 11 N–H and O–H groups in total. The Kier molecular flexibility index (Phi) is 15.3. The fraction of sp³-hybridized carbons (Fsp3) is 0.0741. The summed E-state index contributed by atoms with van der Waals surface area (Å²) in [5, 5.41) is 112. The van der Waals surface area contributed by atoms with Crippen molar-refractivity contribution < 1.29 is 108 Å². The number of benzene rings is 7. The molecule has 78 heavy (non-hydrogen) atoms. The van der Waals surface area contributed by atoms with Crippen LogP contribution in [0.15, 0.2) is 121 Å². The summed E-state index contributed by atoms with van der Waals surface area (Å²) in [4.78, 5) is 66.3. The van der Waals surface area contributed by atoms with Crippen LogP contribution in [-0.2, 0) is 30.8 Å². The number of aryl methyl sites for hydroxylation is 2. The molecule has 0 atom stereocenters. The highest BCUT2D eigenvalue weighted by atomic mass is 19.1. The second-order valence-corrected chi connectivity index (χ2v) is 16.6. The standard InChI is InChI=1S/C54H39FN2O21/c55-32-9-6-25(7-10-32)8-11-33-22-34(57-56-33)24-74-50(68)27-12-36(59)46(64)41(18-27)75-52(70)29-14-38(61)48(66)43(20-29)77-54(72)31-16-39(62)49(67)44(21-31)78-53(71)30-15-37(60)47(65)42(19-30)76-51(69)28-13-35(58)45(63)40(17-28)73-23-26-4-2-1-3-5-26/h1-7,9-10,12-22,58-67H,8,11,23-24H2,(H,56,57). The van der Waals surface area contributed by atoms with E-state index < -0.39 is 138 Å². The highest BCUT2D eigenvalue weighted by Crippen LogP contribution is 2.43. The summed E-state index contributed by atoms with van der Waals surface area (Å²) in [5.41, 5.74) is -0.362. The van der Waals surface area contributed by atoms with Gasteiger partial charge in [-0.1, -0.05) is 42.5 Å². The summed E-state index contributed by atoms with van der Waals surface area (Å²) >= 11 is 0. The third kappa shape index (κ3) is 12.3. The van der Waals surface area contributed by atoms with Crippen molar-refractivity contribution in [2.24, 2.45) is 0 Å². The first-order valence-corrected chi connectivity index (χ1v) is 22.5. The predicted molar refractivity (Wildman–Crippen MR) is 261 cm³/mol. The highest BCUT2D eigenvalue weighted by molar-refractivity contribution is 5.98. The summed E-state index contributed by atoms with van der Waals surface area (Å²) in [5.74, 6) is -20.9. The van der Waals surface area contributed by atoms with E-state index in [2.05, 4.69) is 10.2 Å². The SMILES string of the molecule is O=C(OCc1cc(CCc2ccc(F)cc2)n[nH]1)c1cc(O)c(O)c(OC(=O)c2cc(O)c(O)c(OC(=O)c3cc(O)c(O)c(OC(=O)c4cc(O)c(O)c(OC(=O)c5cc(O)c(O)c(OCc6ccccc6)c5)c4)c3)c2)c1. The van der Waals surface area contributed by atoms with Gasteiger partial charge in [-0.3, -0.25) is 5.10 Å². The van der Waals surface area contributed by atoms with Gasteiger partial charge in [0.15, 0.2) is 57.5 Å². The number of esters is 5. The Bertz CT molecular complexity index is 3660. The quantitative estimate of drug-likeness (QED) is 0.0244. The number of H-pyrrole nitrogens is 1. The van der Waals surface area contributed by atoms with Crippen LogP contribution < -0.4 is 23.7 Å². The van der Waals surface area contributed by atoms with Gasteiger partial charge < -0.3 is 79.5 Å². The number of aromatic hydroxyl groups is 10. The summed E-state index contributed by atoms with van der Waals surface area (Å²) in [6.07, 6.45) is 1.02. The smallest absolute Gasteiger partial charge is 0.343 e. The van der Waals surface area contributed by atoms with Gasteiger partial charge in [0.05, 0.1) is 39.2 Å². The number of hydrogen-bond acceptors (Lipinski definition) is 22. The monoisotopic (exact) mass is 1070 g/mol. The molecule has 23 nitrogen and oxygen atoms in total. The van der Waals surface area contributed by atoms with Gasteiger partial charge in [-0.05, 0) is 103 Å². The number of halogens is 1. The Labute approximate surface area is 436 Å². The molecule has 0 aliphatic rings. The van der Waals surface area contributed by atoms with Gasteiger partial charge in [0.2, 0.25) is 28.7 Å². The fourth-order valence-corrected chi connectivity index (χ4v) is 7.11. The maximum absolute atomic E-state index is 13.4. The number of phenolic OH excluding ortho intramolecular Hbond substituents is 10. The van der Waals surface area contributed by atoms with Crippen molar-refractivity contribution in [1.82, 2.24) is 10.2 Å². The number of carbonyl (C=O) groups is 5. The summed E-state index contributed by atoms with van der Waals surface area (Å²) in [6.45, 7) is -0.420. The van der Waals surface area contributed by atoms with Gasteiger partial charge in [-0.2, -0.15) is 5.10 Å². The van der Waals surface area contributed by atoms with Crippen molar-refractivity contribution in [2.45, 2.75) is 26.1 Å². The van der Waals surface area contributed by atoms with Crippen molar-refractivity contribution >= 4 is 29.8 Å². The number of rotatable bonds is 17. The number of aromatic nitrogens is 2. The lowest BCUT2D eigenvalue weighted by atomic mass is 10.1. The van der Waals surface area contributed by atoms with E-state index in [9.17, 15) is 79.4 Å². The molecule has 0 radical (unpaired) electrons. The van der Waals surface area contributed by atoms with E-state index >= 15 is 0 Å². The zero-order valence-electron chi connectivity index (χ0n) is 39.7. The van der Waals surface area contributed by atoms with E-state index in [0.717, 1.165) is 29.8 Å². The van der Waals surface area contributed by atoms with E-state index in [1.807, 2.05) is 0 Å². The van der Waals surface area contributed by atoms with Crippen LogP contribution in [0.2, 0.25) is 0 Å². The topological polar surface area (TPSA) is 372 Å². The number of nitrogens with zero attached hydrogens (tertiary/aromatic N) is 1. The lowest BCUT2D eigenvalue weighted by Gasteiger charge is -2.14. The second-order valence-electron chi connectivity index (χ2n) is 16.6. The molecule has 0 bridgehead atoms. The Hall–Kier alpha value is -11.2. The molecule has 7 aromatic carbocycles. The molecule has 398 valence electrons. The molecule has 0 unspecified atom stereocenters. The lowest BCUT2D eigenvalue weighted by molar-refractivity contribution is 0.0464. The minimum absolute atomic E-state index is 0.0901. The fourth-order valence-electron chi connectivity index (χ4n) is 7.11. The van der Waals surface area contributed by atoms with E-state index in [-0.39, 0.29) is 24.8 Å². The van der Waals surface area contributed by atoms with Gasteiger partial charge in [-0.15, -0.1) is 0 Å². The molecule has 1 aromatic heterocycles. The maximum Gasteiger partial charge on any atom is 0.343 e. The Morgan fingerprint density at radius 1 is 0.410 bits per heavy atom. The summed E-state index contributed by atoms with van der Waals surface area (Å²) < 4.78 is 44.7. The van der Waals surface area contributed by atoms with E-state index in [1.165, 1.54) is 12.1 Å². The van der Waals surface area contributed by atoms with Crippen molar-refractivity contribution in [3.8, 4) is 86.2 Å². The second kappa shape index (κ2) is 22.5. The van der Waals surface area contributed by atoms with Crippen molar-refractivity contribution in [2.75, 3.05) is 0 Å². The zero-order chi connectivity index (χ0) is 55.9. The van der Waals surface area contributed by atoms with Crippen LogP contribution in [0.3, 0.4) is 0 Å². The van der Waals surface area contributed by atoms with E-state index in [4.69, 9.17) is 28.4 Å². The third-order valence-corrected chi connectivity index (χ3v) is 11.1. The van der Waals surface area contributed by atoms with Crippen LogP contribution in [0, 0.1) is 5.82 Å². The molecule has 0 amide bonds. The first-order valence-electron chi connectivity index (χ1n) is 22.5. The molecule has 0 saturated heterocycles. The molecule has 0 aliphatic heterocycles. The normalized spacial score (nSPS) is 10.8. The van der Waals surface area contributed by atoms with Gasteiger partial charge in [-0.25, -0.2) is 28.4 Å². The van der Waals surface area contributed by atoms with Crippen LogP contribution >= 0.6 is 0 Å². The molecule has 8 rings (SSSR count). The average molecular weight is 1070 g/mol. The molecule has 8 aromatic rings. The Morgan fingerprint density at radius 2 is 0.782 bits per heavy atom. The molecule has 1 heterocycles. The molecule has 0 aliphatic carbocycles. The number of ether oxygens (including phenoxy) is 6. The predicted octanol–water partition coefficient (Wildman–Crippen LogP) is 7.20. The molecule has 0 fully saturated rings. The Morgan fingerprint density at radius 3 is 1.19 bits per heavy atom. The molecular weight excluding hydrogens is 1030 g/mol. The zero-order valence-corrected chi connectivity index (χ0v) is 39.7. The van der Waals surface area contributed by atoms with E-state index in [0.29, 0.717) is 66.2 Å². The minimum Gasteiger partial charge on any atom is -0.504 e. The van der Waals surface area contributed by atoms with Gasteiger partial charge in [0.1, 0.15) is 19.0 Å². The van der Waals surface area contributed by atoms with Crippen LogP contribution in [0.25, 0.3) is 0 Å². The first-order chi connectivity index (χ1) is 37.2. The van der Waals surface area contributed by atoms with Gasteiger partial charge >= 0.3 is 29.8 Å². The lowest BCUT2D eigenvalue weighted by Crippen LogP contribution is -2.13. The van der Waals surface area contributed by atoms with Crippen molar-refractivity contribution in [1.29, 1.82) is 0 Å². The number of phenols is 10. The summed E-state index contributed by atoms with van der Waals surface area (Å²) in [7, 11) is 0. The maximum atomic E-state index is 13.4. The number of hydrogen-bond donors (Lipinski definition) is 11.